The van der Waals surface area contributed by atoms with E-state index in [2.05, 4.69) is 5.32 Å². The monoisotopic (exact) mass is 239 g/mol. The van der Waals surface area contributed by atoms with E-state index in [1.54, 1.807) is 7.11 Å². The summed E-state index contributed by atoms with van der Waals surface area (Å²) in [6, 6.07) is 0.441. The normalized spacial score (nSPS) is 37.9. The van der Waals surface area contributed by atoms with Crippen molar-refractivity contribution in [3.8, 4) is 0 Å². The highest BCUT2D eigenvalue weighted by Gasteiger charge is 2.40. The molecule has 0 bridgehead atoms. The van der Waals surface area contributed by atoms with Gasteiger partial charge in [-0.1, -0.05) is 0 Å². The molecule has 17 heavy (non-hydrogen) atoms. The first-order valence-electron chi connectivity index (χ1n) is 6.37. The van der Waals surface area contributed by atoms with E-state index in [0.29, 0.717) is 12.0 Å². The zero-order chi connectivity index (χ0) is 12.3. The number of ether oxygens (including phenoxy) is 1. The van der Waals surface area contributed by atoms with Gasteiger partial charge >= 0.3 is 0 Å². The number of hydrogen-bond donors (Lipinski definition) is 2. The first kappa shape index (κ1) is 12.6. The zero-order valence-corrected chi connectivity index (χ0v) is 10.3. The highest BCUT2D eigenvalue weighted by atomic mass is 16.5. The number of methoxy groups -OCH3 is 1. The Balaban J connectivity index is 2.07. The first-order chi connectivity index (χ1) is 8.26. The molecule has 0 amide bonds. The molecular formula is C13H21NO3. The molecule has 2 rings (SSSR count). The fraction of sp³-hybridized carbons (Fsp3) is 0.769. The second kappa shape index (κ2) is 5.65. The van der Waals surface area contributed by atoms with Crippen LogP contribution in [0.25, 0.3) is 0 Å². The molecule has 0 aromatic carbocycles. The van der Waals surface area contributed by atoms with E-state index >= 15 is 0 Å². The zero-order valence-electron chi connectivity index (χ0n) is 10.3. The van der Waals surface area contributed by atoms with Gasteiger partial charge in [0.1, 0.15) is 0 Å². The van der Waals surface area contributed by atoms with Gasteiger partial charge in [0.15, 0.2) is 5.78 Å². The van der Waals surface area contributed by atoms with Gasteiger partial charge < -0.3 is 15.2 Å². The number of carbonyl (C=O) groups excluding carboxylic acids is 1. The van der Waals surface area contributed by atoms with Gasteiger partial charge in [0.2, 0.25) is 0 Å². The van der Waals surface area contributed by atoms with Gasteiger partial charge in [-0.3, -0.25) is 4.79 Å². The van der Waals surface area contributed by atoms with Crippen molar-refractivity contribution in [2.75, 3.05) is 13.7 Å². The number of rotatable bonds is 3. The van der Waals surface area contributed by atoms with Crippen LogP contribution in [0.1, 0.15) is 25.7 Å². The summed E-state index contributed by atoms with van der Waals surface area (Å²) in [6.07, 6.45) is 6.39. The molecule has 0 radical (unpaired) electrons. The van der Waals surface area contributed by atoms with Gasteiger partial charge in [0.25, 0.3) is 0 Å². The van der Waals surface area contributed by atoms with Crippen molar-refractivity contribution in [3.63, 3.8) is 0 Å². The van der Waals surface area contributed by atoms with E-state index in [4.69, 9.17) is 9.84 Å². The molecule has 0 aromatic heterocycles. The maximum absolute atomic E-state index is 11.9. The van der Waals surface area contributed by atoms with Gasteiger partial charge in [-0.05, 0) is 38.1 Å². The molecule has 0 aromatic rings. The summed E-state index contributed by atoms with van der Waals surface area (Å²) in [4.78, 5) is 11.9. The number of carbonyl (C=O) groups is 1. The van der Waals surface area contributed by atoms with E-state index in [1.807, 2.05) is 0 Å². The fourth-order valence-corrected chi connectivity index (χ4v) is 3.27. The van der Waals surface area contributed by atoms with Crippen molar-refractivity contribution in [2.24, 2.45) is 11.8 Å². The number of piperidine rings is 1. The lowest BCUT2D eigenvalue weighted by atomic mass is 9.70. The average molecular weight is 239 g/mol. The Morgan fingerprint density at radius 3 is 2.94 bits per heavy atom. The van der Waals surface area contributed by atoms with Gasteiger partial charge in [0, 0.05) is 25.1 Å². The molecule has 1 aliphatic carbocycles. The van der Waals surface area contributed by atoms with Crippen LogP contribution in [0.2, 0.25) is 0 Å². The molecule has 1 saturated carbocycles. The number of ketones is 1. The first-order valence-corrected chi connectivity index (χ1v) is 6.37. The number of aliphatic hydroxyl groups is 1. The molecular weight excluding hydrogens is 218 g/mol. The number of hydrogen-bond acceptors (Lipinski definition) is 4. The fourth-order valence-electron chi connectivity index (χ4n) is 3.27. The van der Waals surface area contributed by atoms with Gasteiger partial charge in [0.05, 0.1) is 12.4 Å². The van der Waals surface area contributed by atoms with E-state index in [1.165, 1.54) is 6.08 Å². The summed E-state index contributed by atoms with van der Waals surface area (Å²) >= 11 is 0. The minimum absolute atomic E-state index is 0.0441. The highest BCUT2D eigenvalue weighted by molar-refractivity contribution is 5.91. The predicted octanol–water partition coefficient (Wildman–Crippen LogP) is 1.42. The molecule has 1 aliphatic heterocycles. The summed E-state index contributed by atoms with van der Waals surface area (Å²) in [7, 11) is 1.74. The Bertz CT molecular complexity index is 303. The molecule has 4 heteroatoms. The maximum atomic E-state index is 11.9. The van der Waals surface area contributed by atoms with Crippen LogP contribution in [0.15, 0.2) is 12.3 Å². The standard InChI is InChI=1S/C13H21NO3/c1-17-9-2-3-12-11(8-9)10(4-6-14-12)13(16)5-7-15/h5,7,9-12,14-15H,2-4,6,8H2,1H3. The van der Waals surface area contributed by atoms with Crippen molar-refractivity contribution in [1.29, 1.82) is 0 Å². The lowest BCUT2D eigenvalue weighted by molar-refractivity contribution is -0.122. The Kier molecular flexibility index (Phi) is 4.18. The van der Waals surface area contributed by atoms with Crippen LogP contribution in [0.3, 0.4) is 0 Å². The molecule has 2 fully saturated rings. The number of aliphatic hydroxyl groups excluding tert-OH is 1. The van der Waals surface area contributed by atoms with Gasteiger partial charge in [-0.25, -0.2) is 0 Å². The third kappa shape index (κ3) is 2.69. The second-order valence-corrected chi connectivity index (χ2v) is 5.01. The lowest BCUT2D eigenvalue weighted by Gasteiger charge is -2.43. The Morgan fingerprint density at radius 1 is 1.41 bits per heavy atom. The smallest absolute Gasteiger partial charge is 0.162 e. The SMILES string of the molecule is COC1CCC2NCCC(C(=O)C=CO)C2C1. The molecule has 4 nitrogen and oxygen atoms in total. The van der Waals surface area contributed by atoms with Gasteiger partial charge in [-0.2, -0.15) is 0 Å². The summed E-state index contributed by atoms with van der Waals surface area (Å²) in [5.74, 6) is 0.453. The largest absolute Gasteiger partial charge is 0.515 e. The Morgan fingerprint density at radius 2 is 2.24 bits per heavy atom. The van der Waals surface area contributed by atoms with E-state index in [0.717, 1.165) is 38.5 Å². The van der Waals surface area contributed by atoms with Crippen LogP contribution in [0, 0.1) is 11.8 Å². The molecule has 4 unspecified atom stereocenters. The quantitative estimate of drug-likeness (QED) is 0.577. The summed E-state index contributed by atoms with van der Waals surface area (Å²) in [5.41, 5.74) is 0. The lowest BCUT2D eigenvalue weighted by Crippen LogP contribution is -2.51. The third-order valence-corrected chi connectivity index (χ3v) is 4.17. The average Bonchev–Trinajstić information content (AvgIpc) is 2.37. The summed E-state index contributed by atoms with van der Waals surface area (Å²) in [6.45, 7) is 0.897. The van der Waals surface area contributed by atoms with Crippen molar-refractivity contribution in [3.05, 3.63) is 12.3 Å². The van der Waals surface area contributed by atoms with Crippen LogP contribution < -0.4 is 5.32 Å². The van der Waals surface area contributed by atoms with E-state index in [-0.39, 0.29) is 17.8 Å². The molecule has 1 heterocycles. The third-order valence-electron chi connectivity index (χ3n) is 4.17. The van der Waals surface area contributed by atoms with E-state index < -0.39 is 0 Å². The number of allylic oxidation sites excluding steroid dienone is 1. The molecule has 96 valence electrons. The summed E-state index contributed by atoms with van der Waals surface area (Å²) in [5, 5.41) is 12.2. The predicted molar refractivity (Wildman–Crippen MR) is 64.8 cm³/mol. The molecule has 4 atom stereocenters. The molecule has 1 saturated heterocycles. The molecule has 2 aliphatic rings. The van der Waals surface area contributed by atoms with Crippen molar-refractivity contribution in [2.45, 2.75) is 37.8 Å². The van der Waals surface area contributed by atoms with Crippen LogP contribution in [0.5, 0.6) is 0 Å². The van der Waals surface area contributed by atoms with Crippen LogP contribution in [-0.4, -0.2) is 36.7 Å². The second-order valence-electron chi connectivity index (χ2n) is 5.01. The van der Waals surface area contributed by atoms with Crippen molar-refractivity contribution >= 4 is 5.78 Å². The minimum atomic E-state index is 0.0441. The van der Waals surface area contributed by atoms with Crippen molar-refractivity contribution < 1.29 is 14.6 Å². The number of nitrogens with one attached hydrogen (secondary N) is 1. The molecule has 0 spiro atoms. The Hall–Kier alpha value is -0.870. The van der Waals surface area contributed by atoms with Crippen LogP contribution in [0.4, 0.5) is 0 Å². The van der Waals surface area contributed by atoms with Crippen LogP contribution >= 0.6 is 0 Å². The maximum Gasteiger partial charge on any atom is 0.162 e. The minimum Gasteiger partial charge on any atom is -0.515 e. The van der Waals surface area contributed by atoms with Crippen molar-refractivity contribution in [1.82, 2.24) is 5.32 Å². The highest BCUT2D eigenvalue weighted by Crippen LogP contribution is 2.36. The topological polar surface area (TPSA) is 58.6 Å². The van der Waals surface area contributed by atoms with E-state index in [9.17, 15) is 4.79 Å². The summed E-state index contributed by atoms with van der Waals surface area (Å²) < 4.78 is 5.42. The van der Waals surface area contributed by atoms with Gasteiger partial charge in [-0.15, -0.1) is 0 Å². The number of fused-ring (bicyclic) bond motifs is 1. The molecule has 2 N–H and O–H groups in total. The van der Waals surface area contributed by atoms with Crippen LogP contribution in [-0.2, 0) is 9.53 Å². The Labute approximate surface area is 102 Å².